The largest absolute Gasteiger partial charge is 0.378 e. The minimum absolute atomic E-state index is 0.0332. The molecule has 204 valence electrons. The number of hydrogen-bond acceptors (Lipinski definition) is 9. The SMILES string of the molecule is CCCNC(=O)CNC(=O)CCCNC(=O)COCCOCCNC(=O)COCCOCCNC. The van der Waals surface area contributed by atoms with Crippen LogP contribution in [0.4, 0.5) is 0 Å². The first-order chi connectivity index (χ1) is 17.0. The molecule has 0 radical (unpaired) electrons. The van der Waals surface area contributed by atoms with Gasteiger partial charge in [0.05, 0.1) is 46.2 Å². The highest BCUT2D eigenvalue weighted by Gasteiger charge is 2.06. The van der Waals surface area contributed by atoms with Crippen LogP contribution in [0.25, 0.3) is 0 Å². The summed E-state index contributed by atoms with van der Waals surface area (Å²) in [5.41, 5.74) is 0. The topological polar surface area (TPSA) is 165 Å². The van der Waals surface area contributed by atoms with Crippen LogP contribution in [0, 0.1) is 0 Å². The Kier molecular flexibility index (Phi) is 23.2. The van der Waals surface area contributed by atoms with Gasteiger partial charge in [0.1, 0.15) is 13.2 Å². The summed E-state index contributed by atoms with van der Waals surface area (Å²) >= 11 is 0. The van der Waals surface area contributed by atoms with Crippen molar-refractivity contribution in [2.24, 2.45) is 0 Å². The predicted molar refractivity (Wildman–Crippen MR) is 129 cm³/mol. The van der Waals surface area contributed by atoms with E-state index < -0.39 is 0 Å². The molecule has 5 N–H and O–H groups in total. The summed E-state index contributed by atoms with van der Waals surface area (Å²) < 4.78 is 21.0. The molecule has 0 heterocycles. The zero-order valence-corrected chi connectivity index (χ0v) is 21.1. The maximum absolute atomic E-state index is 11.7. The summed E-state index contributed by atoms with van der Waals surface area (Å²) in [4.78, 5) is 46.3. The molecule has 0 aliphatic carbocycles. The molecule has 0 saturated carbocycles. The Morgan fingerprint density at radius 3 is 1.71 bits per heavy atom. The Labute approximate surface area is 207 Å². The van der Waals surface area contributed by atoms with Gasteiger partial charge in [0.25, 0.3) is 0 Å². The fraction of sp³-hybridized carbons (Fsp3) is 0.818. The van der Waals surface area contributed by atoms with E-state index in [0.717, 1.165) is 13.0 Å². The molecule has 0 saturated heterocycles. The van der Waals surface area contributed by atoms with Crippen LogP contribution in [0.3, 0.4) is 0 Å². The molecule has 0 rings (SSSR count). The highest BCUT2D eigenvalue weighted by molar-refractivity contribution is 5.84. The third-order valence-electron chi connectivity index (χ3n) is 4.20. The minimum atomic E-state index is -0.288. The van der Waals surface area contributed by atoms with Gasteiger partial charge in [-0.2, -0.15) is 0 Å². The van der Waals surface area contributed by atoms with Crippen LogP contribution in [0.5, 0.6) is 0 Å². The Hall–Kier alpha value is -2.32. The quantitative estimate of drug-likeness (QED) is 0.0926. The lowest BCUT2D eigenvalue weighted by Gasteiger charge is -2.09. The molecule has 4 amide bonds. The molecule has 0 bridgehead atoms. The second-order valence-electron chi connectivity index (χ2n) is 7.36. The van der Waals surface area contributed by atoms with E-state index in [1.165, 1.54) is 0 Å². The van der Waals surface area contributed by atoms with Gasteiger partial charge in [-0.15, -0.1) is 0 Å². The number of hydrogen-bond donors (Lipinski definition) is 5. The number of nitrogens with one attached hydrogen (secondary N) is 5. The molecule has 0 unspecified atom stereocenters. The first-order valence-electron chi connectivity index (χ1n) is 12.0. The van der Waals surface area contributed by atoms with Gasteiger partial charge in [-0.3, -0.25) is 19.2 Å². The highest BCUT2D eigenvalue weighted by atomic mass is 16.5. The van der Waals surface area contributed by atoms with E-state index >= 15 is 0 Å². The van der Waals surface area contributed by atoms with Crippen LogP contribution in [0.2, 0.25) is 0 Å². The lowest BCUT2D eigenvalue weighted by atomic mass is 10.3. The van der Waals surface area contributed by atoms with Gasteiger partial charge >= 0.3 is 0 Å². The van der Waals surface area contributed by atoms with Crippen LogP contribution >= 0.6 is 0 Å². The number of rotatable bonds is 24. The Balaban J connectivity index is 3.42. The van der Waals surface area contributed by atoms with Crippen LogP contribution in [0.15, 0.2) is 0 Å². The van der Waals surface area contributed by atoms with Gasteiger partial charge in [-0.1, -0.05) is 6.92 Å². The smallest absolute Gasteiger partial charge is 0.246 e. The van der Waals surface area contributed by atoms with Gasteiger partial charge in [-0.05, 0) is 19.9 Å². The van der Waals surface area contributed by atoms with Crippen molar-refractivity contribution in [2.75, 3.05) is 92.6 Å². The fourth-order valence-corrected chi connectivity index (χ4v) is 2.38. The fourth-order valence-electron chi connectivity index (χ4n) is 2.38. The summed E-state index contributed by atoms with van der Waals surface area (Å²) in [5.74, 6) is -0.980. The molecule has 0 aromatic carbocycles. The second-order valence-corrected chi connectivity index (χ2v) is 7.36. The van der Waals surface area contributed by atoms with Gasteiger partial charge in [0.15, 0.2) is 0 Å². The average molecular weight is 506 g/mol. The van der Waals surface area contributed by atoms with E-state index in [4.69, 9.17) is 18.9 Å². The lowest BCUT2D eigenvalue weighted by Crippen LogP contribution is -2.37. The van der Waals surface area contributed by atoms with Gasteiger partial charge < -0.3 is 45.5 Å². The normalized spacial score (nSPS) is 10.6. The molecular formula is C22H43N5O8. The predicted octanol–water partition coefficient (Wildman–Crippen LogP) is -2.07. The van der Waals surface area contributed by atoms with Crippen molar-refractivity contribution in [3.63, 3.8) is 0 Å². The number of likely N-dealkylation sites (N-methyl/N-ethyl adjacent to an activating group) is 1. The molecule has 0 aliphatic heterocycles. The van der Waals surface area contributed by atoms with Crippen LogP contribution < -0.4 is 26.6 Å². The zero-order chi connectivity index (χ0) is 26.0. The molecule has 0 aromatic rings. The van der Waals surface area contributed by atoms with Crippen molar-refractivity contribution in [3.8, 4) is 0 Å². The van der Waals surface area contributed by atoms with E-state index in [1.54, 1.807) is 0 Å². The lowest BCUT2D eigenvalue weighted by molar-refractivity contribution is -0.127. The van der Waals surface area contributed by atoms with Crippen molar-refractivity contribution in [1.82, 2.24) is 26.6 Å². The Morgan fingerprint density at radius 2 is 1.11 bits per heavy atom. The van der Waals surface area contributed by atoms with Crippen molar-refractivity contribution in [2.45, 2.75) is 26.2 Å². The minimum Gasteiger partial charge on any atom is -0.378 e. The number of ether oxygens (including phenoxy) is 4. The Bertz CT molecular complexity index is 580. The van der Waals surface area contributed by atoms with E-state index in [2.05, 4.69) is 26.6 Å². The summed E-state index contributed by atoms with van der Waals surface area (Å²) in [6, 6.07) is 0. The molecule has 0 spiro atoms. The summed E-state index contributed by atoms with van der Waals surface area (Å²) in [6.45, 7) is 6.01. The van der Waals surface area contributed by atoms with Crippen molar-refractivity contribution in [3.05, 3.63) is 0 Å². The molecule has 0 aliphatic rings. The molecule has 0 aromatic heterocycles. The average Bonchev–Trinajstić information content (AvgIpc) is 2.85. The number of carbonyl (C=O) groups excluding carboxylic acids is 4. The maximum atomic E-state index is 11.7. The third kappa shape index (κ3) is 24.6. The molecule has 13 heteroatoms. The van der Waals surface area contributed by atoms with Crippen molar-refractivity contribution >= 4 is 23.6 Å². The molecule has 35 heavy (non-hydrogen) atoms. The van der Waals surface area contributed by atoms with E-state index in [9.17, 15) is 19.2 Å². The van der Waals surface area contributed by atoms with Gasteiger partial charge in [0.2, 0.25) is 23.6 Å². The van der Waals surface area contributed by atoms with Crippen LogP contribution in [0.1, 0.15) is 26.2 Å². The molecule has 0 fully saturated rings. The van der Waals surface area contributed by atoms with E-state index in [0.29, 0.717) is 52.5 Å². The first kappa shape index (κ1) is 32.7. The molecular weight excluding hydrogens is 462 g/mol. The Morgan fingerprint density at radius 1 is 0.571 bits per heavy atom. The number of carbonyl (C=O) groups is 4. The first-order valence-corrected chi connectivity index (χ1v) is 12.0. The maximum Gasteiger partial charge on any atom is 0.246 e. The standard InChI is InChI=1S/C22H43N5O8/c1-3-6-24-20(29)16-27-19(28)5-4-7-25-21(30)17-34-15-13-33-11-9-26-22(31)18-35-14-12-32-10-8-23-2/h23H,3-18H2,1-2H3,(H,24,29)(H,25,30)(H,26,31)(H,27,28). The zero-order valence-electron chi connectivity index (χ0n) is 21.1. The summed E-state index contributed by atoms with van der Waals surface area (Å²) in [7, 11) is 1.84. The van der Waals surface area contributed by atoms with E-state index in [1.807, 2.05) is 14.0 Å². The van der Waals surface area contributed by atoms with Crippen molar-refractivity contribution in [1.29, 1.82) is 0 Å². The summed E-state index contributed by atoms with van der Waals surface area (Å²) in [5, 5.41) is 13.5. The molecule has 13 nitrogen and oxygen atoms in total. The van der Waals surface area contributed by atoms with Gasteiger partial charge in [-0.25, -0.2) is 0 Å². The third-order valence-corrected chi connectivity index (χ3v) is 4.20. The van der Waals surface area contributed by atoms with Crippen molar-refractivity contribution < 1.29 is 38.1 Å². The number of amides is 4. The van der Waals surface area contributed by atoms with Crippen LogP contribution in [-0.4, -0.2) is 116 Å². The van der Waals surface area contributed by atoms with E-state index in [-0.39, 0.29) is 63.0 Å². The molecule has 0 atom stereocenters. The second kappa shape index (κ2) is 24.8. The monoisotopic (exact) mass is 505 g/mol. The summed E-state index contributed by atoms with van der Waals surface area (Å²) in [6.07, 6.45) is 1.50. The van der Waals surface area contributed by atoms with Gasteiger partial charge in [0, 0.05) is 32.6 Å². The highest BCUT2D eigenvalue weighted by Crippen LogP contribution is 1.88. The van der Waals surface area contributed by atoms with Crippen LogP contribution in [-0.2, 0) is 38.1 Å².